The van der Waals surface area contributed by atoms with Crippen LogP contribution in [0.5, 0.6) is 5.75 Å². The molecule has 7 nitrogen and oxygen atoms in total. The lowest BCUT2D eigenvalue weighted by molar-refractivity contribution is -0.122. The Labute approximate surface area is 195 Å². The van der Waals surface area contributed by atoms with Gasteiger partial charge in [-0.25, -0.2) is 0 Å². The summed E-state index contributed by atoms with van der Waals surface area (Å²) < 4.78 is 5.21. The molecular formula is C26H33N3O4. The van der Waals surface area contributed by atoms with Gasteiger partial charge in [0.15, 0.2) is 0 Å². The van der Waals surface area contributed by atoms with Crippen molar-refractivity contribution in [3.05, 3.63) is 65.2 Å². The molecule has 0 spiro atoms. The molecule has 2 amide bonds. The number of aliphatic hydroxyl groups is 1. The average Bonchev–Trinajstić information content (AvgIpc) is 2.80. The lowest BCUT2D eigenvalue weighted by Gasteiger charge is -2.48. The maximum atomic E-state index is 12.2. The zero-order valence-corrected chi connectivity index (χ0v) is 19.3. The maximum absolute atomic E-state index is 12.2. The zero-order chi connectivity index (χ0) is 23.4. The van der Waals surface area contributed by atoms with Gasteiger partial charge in [0.25, 0.3) is 5.91 Å². The van der Waals surface area contributed by atoms with Crippen molar-refractivity contribution in [2.24, 2.45) is 0 Å². The molecule has 1 aliphatic carbocycles. The summed E-state index contributed by atoms with van der Waals surface area (Å²) in [6, 6.07) is 15.5. The number of nitrogens with zero attached hydrogens (tertiary/aromatic N) is 1. The minimum atomic E-state index is -0.781. The molecule has 2 aromatic rings. The van der Waals surface area contributed by atoms with E-state index in [1.807, 2.05) is 43.3 Å². The van der Waals surface area contributed by atoms with Gasteiger partial charge in [-0.15, -0.1) is 0 Å². The van der Waals surface area contributed by atoms with Crippen LogP contribution in [0.4, 0.5) is 0 Å². The molecular weight excluding hydrogens is 418 g/mol. The fourth-order valence-electron chi connectivity index (χ4n) is 4.86. The highest BCUT2D eigenvalue weighted by Gasteiger charge is 2.40. The van der Waals surface area contributed by atoms with Gasteiger partial charge in [-0.05, 0) is 62.4 Å². The third-order valence-corrected chi connectivity index (χ3v) is 6.89. The predicted octanol–water partition coefficient (Wildman–Crippen LogP) is 2.36. The molecule has 1 aliphatic heterocycles. The van der Waals surface area contributed by atoms with Gasteiger partial charge in [0.05, 0.1) is 25.3 Å². The van der Waals surface area contributed by atoms with Gasteiger partial charge < -0.3 is 20.5 Å². The number of amides is 2. The summed E-state index contributed by atoms with van der Waals surface area (Å²) >= 11 is 0. The summed E-state index contributed by atoms with van der Waals surface area (Å²) in [7, 11) is 1.64. The van der Waals surface area contributed by atoms with Crippen molar-refractivity contribution < 1.29 is 19.4 Å². The molecule has 1 saturated carbocycles. The van der Waals surface area contributed by atoms with E-state index >= 15 is 0 Å². The van der Waals surface area contributed by atoms with Crippen molar-refractivity contribution in [3.8, 4) is 5.75 Å². The second-order valence-corrected chi connectivity index (χ2v) is 9.26. The lowest BCUT2D eigenvalue weighted by atomic mass is 9.76. The molecule has 2 aromatic carbocycles. The molecule has 2 fully saturated rings. The molecule has 0 aromatic heterocycles. The quantitative estimate of drug-likeness (QED) is 0.601. The number of benzene rings is 2. The number of aryl methyl sites for hydroxylation is 1. The van der Waals surface area contributed by atoms with Crippen molar-refractivity contribution in [2.75, 3.05) is 26.7 Å². The smallest absolute Gasteiger partial charge is 0.251 e. The Balaban J connectivity index is 1.17. The van der Waals surface area contributed by atoms with E-state index in [2.05, 4.69) is 15.5 Å². The summed E-state index contributed by atoms with van der Waals surface area (Å²) in [6.45, 7) is 3.52. The highest BCUT2D eigenvalue weighted by molar-refractivity contribution is 5.96. The average molecular weight is 452 g/mol. The van der Waals surface area contributed by atoms with Gasteiger partial charge in [0, 0.05) is 24.7 Å². The summed E-state index contributed by atoms with van der Waals surface area (Å²) in [5.41, 5.74) is 1.73. The second-order valence-electron chi connectivity index (χ2n) is 9.26. The zero-order valence-electron chi connectivity index (χ0n) is 19.3. The van der Waals surface area contributed by atoms with E-state index in [9.17, 15) is 14.7 Å². The first-order valence-corrected chi connectivity index (χ1v) is 11.6. The van der Waals surface area contributed by atoms with Gasteiger partial charge in [-0.1, -0.05) is 29.8 Å². The van der Waals surface area contributed by atoms with Crippen molar-refractivity contribution in [1.29, 1.82) is 0 Å². The number of rotatable bonds is 7. The Morgan fingerprint density at radius 3 is 2.45 bits per heavy atom. The van der Waals surface area contributed by atoms with Gasteiger partial charge >= 0.3 is 0 Å². The highest BCUT2D eigenvalue weighted by Crippen LogP contribution is 2.39. The Morgan fingerprint density at radius 1 is 1.12 bits per heavy atom. The van der Waals surface area contributed by atoms with Crippen LogP contribution in [0.15, 0.2) is 48.5 Å². The molecule has 0 radical (unpaired) electrons. The molecule has 0 atom stereocenters. The molecule has 0 bridgehead atoms. The molecule has 176 valence electrons. The van der Waals surface area contributed by atoms with Crippen molar-refractivity contribution in [3.63, 3.8) is 0 Å². The number of likely N-dealkylation sites (tertiary alicyclic amines) is 1. The molecule has 0 unspecified atom stereocenters. The van der Waals surface area contributed by atoms with Crippen LogP contribution in [0.2, 0.25) is 0 Å². The van der Waals surface area contributed by atoms with Crippen LogP contribution in [0.1, 0.15) is 47.2 Å². The van der Waals surface area contributed by atoms with Crippen LogP contribution in [0.3, 0.4) is 0 Å². The van der Waals surface area contributed by atoms with Crippen molar-refractivity contribution in [2.45, 2.75) is 50.3 Å². The Morgan fingerprint density at radius 2 is 1.82 bits per heavy atom. The monoisotopic (exact) mass is 451 g/mol. The van der Waals surface area contributed by atoms with E-state index < -0.39 is 5.60 Å². The summed E-state index contributed by atoms with van der Waals surface area (Å²) in [5.74, 6) is 0.383. The molecule has 1 saturated heterocycles. The summed E-state index contributed by atoms with van der Waals surface area (Å²) in [5, 5.41) is 16.8. The van der Waals surface area contributed by atoms with Crippen LogP contribution in [0.25, 0.3) is 0 Å². The van der Waals surface area contributed by atoms with Crippen LogP contribution in [-0.4, -0.2) is 60.6 Å². The molecule has 4 rings (SSSR count). The minimum Gasteiger partial charge on any atom is -0.497 e. The van der Waals surface area contributed by atoms with Crippen molar-refractivity contribution in [1.82, 2.24) is 15.5 Å². The number of hydrogen-bond acceptors (Lipinski definition) is 5. The molecule has 1 heterocycles. The highest BCUT2D eigenvalue weighted by atomic mass is 16.5. The fourth-order valence-corrected chi connectivity index (χ4v) is 4.86. The Kier molecular flexibility index (Phi) is 7.00. The van der Waals surface area contributed by atoms with Crippen LogP contribution >= 0.6 is 0 Å². The molecule has 3 N–H and O–H groups in total. The van der Waals surface area contributed by atoms with E-state index in [1.165, 1.54) is 0 Å². The van der Waals surface area contributed by atoms with E-state index in [-0.39, 0.29) is 24.4 Å². The van der Waals surface area contributed by atoms with Crippen molar-refractivity contribution >= 4 is 11.8 Å². The normalized spacial score (nSPS) is 23.4. The van der Waals surface area contributed by atoms with E-state index in [4.69, 9.17) is 4.74 Å². The van der Waals surface area contributed by atoms with Gasteiger partial charge in [-0.3, -0.25) is 14.5 Å². The number of carbonyl (C=O) groups excluding carboxylic acids is 2. The van der Waals surface area contributed by atoms with Gasteiger partial charge in [0.2, 0.25) is 5.91 Å². The number of hydrogen-bond donors (Lipinski definition) is 3. The fraction of sp³-hybridized carbons (Fsp3) is 0.462. The van der Waals surface area contributed by atoms with E-state index in [0.717, 1.165) is 55.6 Å². The molecule has 2 aliphatic rings. The second kappa shape index (κ2) is 9.93. The third kappa shape index (κ3) is 5.54. The number of carbonyl (C=O) groups is 2. The first-order chi connectivity index (χ1) is 15.9. The molecule has 33 heavy (non-hydrogen) atoms. The van der Waals surface area contributed by atoms with E-state index in [1.54, 1.807) is 19.2 Å². The third-order valence-electron chi connectivity index (χ3n) is 6.89. The maximum Gasteiger partial charge on any atom is 0.251 e. The Hall–Kier alpha value is -2.90. The summed E-state index contributed by atoms with van der Waals surface area (Å²) in [4.78, 5) is 26.8. The standard InChI is InChI=1S/C26H33N3O4/c1-18-4-3-5-19(14-18)25(31)27-15-24(30)28-21-16-29(17-21)22-10-12-26(32,13-11-22)20-6-8-23(33-2)9-7-20/h3-9,14,21-22,32H,10-13,15-17H2,1-2H3,(H,27,31)(H,28,30). The number of ether oxygens (including phenoxy) is 1. The summed E-state index contributed by atoms with van der Waals surface area (Å²) in [6.07, 6.45) is 3.30. The van der Waals surface area contributed by atoms with Crippen LogP contribution in [0, 0.1) is 6.92 Å². The molecule has 7 heteroatoms. The largest absolute Gasteiger partial charge is 0.497 e. The SMILES string of the molecule is COc1ccc(C2(O)CCC(N3CC(NC(=O)CNC(=O)c4cccc(C)c4)C3)CC2)cc1. The first-order valence-electron chi connectivity index (χ1n) is 11.6. The van der Waals surface area contributed by atoms with E-state index in [0.29, 0.717) is 11.6 Å². The lowest BCUT2D eigenvalue weighted by Crippen LogP contribution is -2.63. The number of nitrogens with one attached hydrogen (secondary N) is 2. The topological polar surface area (TPSA) is 90.9 Å². The number of methoxy groups -OCH3 is 1. The van der Waals surface area contributed by atoms with Gasteiger partial charge in [-0.2, -0.15) is 0 Å². The minimum absolute atomic E-state index is 0.0262. The van der Waals surface area contributed by atoms with Crippen LogP contribution in [-0.2, 0) is 10.4 Å². The Bertz CT molecular complexity index is 977. The van der Waals surface area contributed by atoms with Gasteiger partial charge in [0.1, 0.15) is 5.75 Å². The predicted molar refractivity (Wildman–Crippen MR) is 126 cm³/mol. The van der Waals surface area contributed by atoms with Crippen LogP contribution < -0.4 is 15.4 Å². The first kappa shape index (κ1) is 23.3.